The van der Waals surface area contributed by atoms with Crippen LogP contribution in [-0.4, -0.2) is 15.9 Å². The Balaban J connectivity index is 2.24. The molecular formula is C11H7F2N3O. The highest BCUT2D eigenvalue weighted by atomic mass is 19.2. The third-order valence-electron chi connectivity index (χ3n) is 2.00. The van der Waals surface area contributed by atoms with Crippen LogP contribution in [0.15, 0.2) is 36.7 Å². The quantitative estimate of drug-likeness (QED) is 0.810. The van der Waals surface area contributed by atoms with Gasteiger partial charge in [-0.15, -0.1) is 0 Å². The van der Waals surface area contributed by atoms with Crippen molar-refractivity contribution in [2.24, 2.45) is 0 Å². The van der Waals surface area contributed by atoms with E-state index in [1.165, 1.54) is 12.3 Å². The van der Waals surface area contributed by atoms with Gasteiger partial charge < -0.3 is 5.32 Å². The molecule has 0 aliphatic carbocycles. The molecule has 0 bridgehead atoms. The molecule has 1 N–H and O–H groups in total. The number of halogens is 2. The first-order valence-corrected chi connectivity index (χ1v) is 4.71. The van der Waals surface area contributed by atoms with E-state index in [2.05, 4.69) is 15.3 Å². The fraction of sp³-hybridized carbons (Fsp3) is 0. The fourth-order valence-electron chi connectivity index (χ4n) is 1.21. The number of anilines is 1. The van der Waals surface area contributed by atoms with Gasteiger partial charge in [-0.2, -0.15) is 4.39 Å². The number of carbonyl (C=O) groups excluding carboxylic acids is 1. The van der Waals surface area contributed by atoms with Crippen LogP contribution in [0.25, 0.3) is 0 Å². The van der Waals surface area contributed by atoms with Crippen LogP contribution in [-0.2, 0) is 0 Å². The maximum absolute atomic E-state index is 13.2. The van der Waals surface area contributed by atoms with Crippen molar-refractivity contribution in [2.45, 2.75) is 0 Å². The molecule has 2 heterocycles. The molecule has 86 valence electrons. The molecule has 0 aliphatic rings. The zero-order chi connectivity index (χ0) is 12.3. The molecule has 2 aromatic heterocycles. The van der Waals surface area contributed by atoms with E-state index < -0.39 is 23.2 Å². The van der Waals surface area contributed by atoms with Crippen molar-refractivity contribution in [3.8, 4) is 0 Å². The van der Waals surface area contributed by atoms with Crippen LogP contribution < -0.4 is 5.32 Å². The summed E-state index contributed by atoms with van der Waals surface area (Å²) >= 11 is 0. The predicted molar refractivity (Wildman–Crippen MR) is 56.3 cm³/mol. The number of nitrogens with zero attached hydrogens (tertiary/aromatic N) is 2. The molecule has 0 fully saturated rings. The third kappa shape index (κ3) is 2.41. The van der Waals surface area contributed by atoms with Crippen molar-refractivity contribution in [1.82, 2.24) is 9.97 Å². The monoisotopic (exact) mass is 235 g/mol. The second-order valence-electron chi connectivity index (χ2n) is 3.13. The van der Waals surface area contributed by atoms with Crippen LogP contribution in [0.4, 0.5) is 14.6 Å². The zero-order valence-electron chi connectivity index (χ0n) is 8.52. The van der Waals surface area contributed by atoms with Gasteiger partial charge in [0.15, 0.2) is 5.82 Å². The van der Waals surface area contributed by atoms with Crippen LogP contribution in [0, 0.1) is 11.8 Å². The minimum Gasteiger partial charge on any atom is -0.306 e. The molecule has 0 unspecified atom stereocenters. The average Bonchev–Trinajstić information content (AvgIpc) is 2.34. The van der Waals surface area contributed by atoms with Crippen LogP contribution in [0.5, 0.6) is 0 Å². The van der Waals surface area contributed by atoms with E-state index in [1.54, 1.807) is 12.1 Å². The van der Waals surface area contributed by atoms with E-state index in [9.17, 15) is 13.6 Å². The van der Waals surface area contributed by atoms with E-state index >= 15 is 0 Å². The van der Waals surface area contributed by atoms with E-state index in [-0.39, 0.29) is 5.82 Å². The lowest BCUT2D eigenvalue weighted by Crippen LogP contribution is -2.15. The highest BCUT2D eigenvalue weighted by molar-refractivity contribution is 6.03. The molecule has 0 atom stereocenters. The number of hydrogen-bond acceptors (Lipinski definition) is 3. The first kappa shape index (κ1) is 11.1. The van der Waals surface area contributed by atoms with Crippen LogP contribution in [0.2, 0.25) is 0 Å². The van der Waals surface area contributed by atoms with E-state index in [1.807, 2.05) is 0 Å². The van der Waals surface area contributed by atoms with Crippen molar-refractivity contribution in [3.05, 3.63) is 54.0 Å². The second kappa shape index (κ2) is 4.65. The molecule has 2 rings (SSSR count). The summed E-state index contributed by atoms with van der Waals surface area (Å²) in [5, 5.41) is 2.34. The molecule has 17 heavy (non-hydrogen) atoms. The lowest BCUT2D eigenvalue weighted by atomic mass is 10.2. The van der Waals surface area contributed by atoms with Crippen molar-refractivity contribution in [1.29, 1.82) is 0 Å². The maximum atomic E-state index is 13.2. The largest absolute Gasteiger partial charge is 0.306 e. The lowest BCUT2D eigenvalue weighted by Gasteiger charge is -2.04. The number of amides is 1. The Morgan fingerprint density at radius 1 is 1.12 bits per heavy atom. The molecule has 0 saturated carbocycles. The summed E-state index contributed by atoms with van der Waals surface area (Å²) in [5.41, 5.74) is -0.414. The second-order valence-corrected chi connectivity index (χ2v) is 3.13. The normalized spacial score (nSPS) is 10.0. The Bertz CT molecular complexity index is 546. The molecule has 4 nitrogen and oxygen atoms in total. The fourth-order valence-corrected chi connectivity index (χ4v) is 1.21. The molecule has 0 spiro atoms. The van der Waals surface area contributed by atoms with Crippen LogP contribution in [0.3, 0.4) is 0 Å². The molecule has 1 amide bonds. The number of carbonyl (C=O) groups is 1. The summed E-state index contributed by atoms with van der Waals surface area (Å²) in [5.74, 6) is -3.10. The Labute approximate surface area is 95.3 Å². The Morgan fingerprint density at radius 3 is 2.65 bits per heavy atom. The van der Waals surface area contributed by atoms with Crippen LogP contribution >= 0.6 is 0 Å². The molecule has 6 heteroatoms. The number of aromatic nitrogens is 2. The number of hydrogen-bond donors (Lipinski definition) is 1. The smallest absolute Gasteiger partial charge is 0.260 e. The third-order valence-corrected chi connectivity index (χ3v) is 2.00. The van der Waals surface area contributed by atoms with Gasteiger partial charge in [-0.1, -0.05) is 6.07 Å². The molecular weight excluding hydrogens is 228 g/mol. The minimum atomic E-state index is -1.31. The van der Waals surface area contributed by atoms with Crippen LogP contribution in [0.1, 0.15) is 10.4 Å². The first-order valence-electron chi connectivity index (χ1n) is 4.71. The summed E-state index contributed by atoms with van der Waals surface area (Å²) in [7, 11) is 0. The van der Waals surface area contributed by atoms with Gasteiger partial charge >= 0.3 is 0 Å². The van der Waals surface area contributed by atoms with Gasteiger partial charge in [0, 0.05) is 12.4 Å². The van der Waals surface area contributed by atoms with Gasteiger partial charge in [-0.25, -0.2) is 14.4 Å². The van der Waals surface area contributed by atoms with E-state index in [4.69, 9.17) is 0 Å². The van der Waals surface area contributed by atoms with Gasteiger partial charge in [-0.05, 0) is 18.2 Å². The molecule has 0 saturated heterocycles. The van der Waals surface area contributed by atoms with Gasteiger partial charge in [0.1, 0.15) is 5.82 Å². The molecule has 2 aromatic rings. The topological polar surface area (TPSA) is 54.9 Å². The van der Waals surface area contributed by atoms with Gasteiger partial charge in [0.25, 0.3) is 5.91 Å². The summed E-state index contributed by atoms with van der Waals surface area (Å²) in [6, 6.07) is 5.96. The van der Waals surface area contributed by atoms with Crippen molar-refractivity contribution < 1.29 is 13.6 Å². The summed E-state index contributed by atoms with van der Waals surface area (Å²) < 4.78 is 26.0. The molecule has 0 radical (unpaired) electrons. The van der Waals surface area contributed by atoms with Crippen molar-refractivity contribution in [3.63, 3.8) is 0 Å². The number of nitrogens with one attached hydrogen (secondary N) is 1. The predicted octanol–water partition coefficient (Wildman–Crippen LogP) is 2.01. The van der Waals surface area contributed by atoms with Gasteiger partial charge in [0.05, 0.1) is 5.56 Å². The minimum absolute atomic E-state index is 0.258. The van der Waals surface area contributed by atoms with Gasteiger partial charge in [-0.3, -0.25) is 4.79 Å². The van der Waals surface area contributed by atoms with Crippen molar-refractivity contribution in [2.75, 3.05) is 5.32 Å². The van der Waals surface area contributed by atoms with E-state index in [0.717, 1.165) is 12.3 Å². The highest BCUT2D eigenvalue weighted by Gasteiger charge is 2.16. The average molecular weight is 235 g/mol. The summed E-state index contributed by atoms with van der Waals surface area (Å²) in [4.78, 5) is 18.5. The lowest BCUT2D eigenvalue weighted by molar-refractivity contribution is 0.102. The Morgan fingerprint density at radius 2 is 1.94 bits per heavy atom. The van der Waals surface area contributed by atoms with Crippen molar-refractivity contribution >= 4 is 11.7 Å². The zero-order valence-corrected chi connectivity index (χ0v) is 8.52. The Kier molecular flexibility index (Phi) is 3.04. The Hall–Kier alpha value is -2.37. The standard InChI is InChI=1S/C11H7F2N3O/c12-9-7(4-6-15-10(9)13)11(17)16-8-3-1-2-5-14-8/h1-6H,(H,14,16,17). The first-order chi connectivity index (χ1) is 8.18. The molecule has 0 aromatic carbocycles. The summed E-state index contributed by atoms with van der Waals surface area (Å²) in [6.45, 7) is 0. The molecule has 0 aliphatic heterocycles. The highest BCUT2D eigenvalue weighted by Crippen LogP contribution is 2.11. The SMILES string of the molecule is O=C(Nc1ccccn1)c1ccnc(F)c1F. The maximum Gasteiger partial charge on any atom is 0.260 e. The number of pyridine rings is 2. The number of rotatable bonds is 2. The van der Waals surface area contributed by atoms with E-state index in [0.29, 0.717) is 0 Å². The van der Waals surface area contributed by atoms with Gasteiger partial charge in [0.2, 0.25) is 5.95 Å². The summed E-state index contributed by atoms with van der Waals surface area (Å²) in [6.07, 6.45) is 2.49.